The number of carboxylic acids is 1. The molecule has 20 heavy (non-hydrogen) atoms. The smallest absolute Gasteiger partial charge is 0.358 e. The first-order valence-electron chi connectivity index (χ1n) is 6.72. The Bertz CT molecular complexity index is 518. The summed E-state index contributed by atoms with van der Waals surface area (Å²) in [5.74, 6) is -1.18. The maximum atomic E-state index is 12.3. The second kappa shape index (κ2) is 5.22. The molecule has 110 valence electrons. The van der Waals surface area contributed by atoms with Crippen LogP contribution in [-0.4, -0.2) is 49.5 Å². The summed E-state index contributed by atoms with van der Waals surface area (Å²) < 4.78 is 1.28. The average molecular weight is 280 g/mol. The lowest BCUT2D eigenvalue weighted by molar-refractivity contribution is -0.134. The molecule has 0 spiro atoms. The molecule has 0 bridgehead atoms. The first-order valence-corrected chi connectivity index (χ1v) is 6.72. The Balaban J connectivity index is 2.05. The lowest BCUT2D eigenvalue weighted by atomic mass is 9.85. The zero-order valence-corrected chi connectivity index (χ0v) is 12.0. The summed E-state index contributed by atoms with van der Waals surface area (Å²) in [6.45, 7) is 7.16. The van der Waals surface area contributed by atoms with Gasteiger partial charge in [0.2, 0.25) is 5.91 Å². The topological polar surface area (TPSA) is 88.3 Å². The molecule has 1 saturated heterocycles. The molecule has 0 radical (unpaired) electrons. The summed E-state index contributed by atoms with van der Waals surface area (Å²) in [6, 6.07) is 0.220. The molecule has 1 unspecified atom stereocenters. The number of carboxylic acid groups (broad SMARTS) is 1. The van der Waals surface area contributed by atoms with Gasteiger partial charge in [0.25, 0.3) is 0 Å². The third-order valence-electron chi connectivity index (χ3n) is 3.63. The van der Waals surface area contributed by atoms with Crippen LogP contribution in [0.5, 0.6) is 0 Å². The standard InChI is InChI=1S/C13H20N4O3/c1-13(2,3)10-5-4-6-17(10)11(18)8-16-7-9(12(19)20)14-15-16/h7,10H,4-6,8H2,1-3H3,(H,19,20). The van der Waals surface area contributed by atoms with E-state index in [9.17, 15) is 9.59 Å². The van der Waals surface area contributed by atoms with E-state index in [2.05, 4.69) is 31.1 Å². The third-order valence-corrected chi connectivity index (χ3v) is 3.63. The molecule has 2 heterocycles. The number of carbonyl (C=O) groups excluding carboxylic acids is 1. The molecule has 0 saturated carbocycles. The van der Waals surface area contributed by atoms with E-state index >= 15 is 0 Å². The number of hydrogen-bond donors (Lipinski definition) is 1. The summed E-state index contributed by atoms with van der Waals surface area (Å²) in [5.41, 5.74) is -0.104. The highest BCUT2D eigenvalue weighted by atomic mass is 16.4. The van der Waals surface area contributed by atoms with Gasteiger partial charge in [-0.15, -0.1) is 5.10 Å². The van der Waals surface area contributed by atoms with Crippen molar-refractivity contribution in [3.05, 3.63) is 11.9 Å². The SMILES string of the molecule is CC(C)(C)C1CCCN1C(=O)Cn1cc(C(=O)O)nn1. The van der Waals surface area contributed by atoms with Crippen LogP contribution < -0.4 is 0 Å². The zero-order valence-electron chi connectivity index (χ0n) is 12.0. The number of nitrogens with zero attached hydrogens (tertiary/aromatic N) is 4. The van der Waals surface area contributed by atoms with E-state index in [0.29, 0.717) is 0 Å². The highest BCUT2D eigenvalue weighted by Crippen LogP contribution is 2.32. The predicted octanol–water partition coefficient (Wildman–Crippen LogP) is 1.01. The van der Waals surface area contributed by atoms with Gasteiger partial charge in [0, 0.05) is 12.6 Å². The monoisotopic (exact) mass is 280 g/mol. The second-order valence-corrected chi connectivity index (χ2v) is 6.22. The molecule has 1 aliphatic rings. The second-order valence-electron chi connectivity index (χ2n) is 6.22. The Morgan fingerprint density at radius 1 is 1.45 bits per heavy atom. The van der Waals surface area contributed by atoms with Gasteiger partial charge in [0.1, 0.15) is 6.54 Å². The Kier molecular flexibility index (Phi) is 3.78. The van der Waals surface area contributed by atoms with Gasteiger partial charge in [-0.05, 0) is 18.3 Å². The Morgan fingerprint density at radius 3 is 2.70 bits per heavy atom. The highest BCUT2D eigenvalue weighted by Gasteiger charge is 2.36. The molecular formula is C13H20N4O3. The predicted molar refractivity (Wildman–Crippen MR) is 71.2 cm³/mol. The van der Waals surface area contributed by atoms with Crippen molar-refractivity contribution in [2.45, 2.75) is 46.2 Å². The third kappa shape index (κ3) is 2.97. The molecule has 7 nitrogen and oxygen atoms in total. The van der Waals surface area contributed by atoms with Crippen molar-refractivity contribution in [3.63, 3.8) is 0 Å². The molecular weight excluding hydrogens is 260 g/mol. The van der Waals surface area contributed by atoms with Gasteiger partial charge in [-0.25, -0.2) is 9.48 Å². The number of amides is 1. The quantitative estimate of drug-likeness (QED) is 0.892. The number of aromatic carboxylic acids is 1. The van der Waals surface area contributed by atoms with Crippen LogP contribution in [0, 0.1) is 5.41 Å². The summed E-state index contributed by atoms with van der Waals surface area (Å²) in [4.78, 5) is 24.9. The average Bonchev–Trinajstić information content (AvgIpc) is 2.95. The summed E-state index contributed by atoms with van der Waals surface area (Å²) in [5, 5.41) is 16.0. The van der Waals surface area contributed by atoms with Gasteiger partial charge in [0.15, 0.2) is 5.69 Å². The van der Waals surface area contributed by atoms with Crippen molar-refractivity contribution >= 4 is 11.9 Å². The van der Waals surface area contributed by atoms with Gasteiger partial charge >= 0.3 is 5.97 Å². The number of hydrogen-bond acceptors (Lipinski definition) is 4. The molecule has 0 aromatic carbocycles. The van der Waals surface area contributed by atoms with Crippen molar-refractivity contribution in [1.82, 2.24) is 19.9 Å². The zero-order chi connectivity index (χ0) is 14.9. The van der Waals surface area contributed by atoms with Gasteiger partial charge in [-0.1, -0.05) is 26.0 Å². The summed E-state index contributed by atoms with van der Waals surface area (Å²) >= 11 is 0. The van der Waals surface area contributed by atoms with Crippen LogP contribution in [-0.2, 0) is 11.3 Å². The van der Waals surface area contributed by atoms with E-state index in [1.807, 2.05) is 4.90 Å². The minimum atomic E-state index is -1.14. The molecule has 1 aromatic heterocycles. The first-order chi connectivity index (χ1) is 9.29. The van der Waals surface area contributed by atoms with E-state index in [0.717, 1.165) is 19.4 Å². The lowest BCUT2D eigenvalue weighted by Crippen LogP contribution is -2.44. The van der Waals surface area contributed by atoms with E-state index in [-0.39, 0.29) is 29.6 Å². The van der Waals surface area contributed by atoms with E-state index in [1.54, 1.807) is 0 Å². The molecule has 1 amide bonds. The van der Waals surface area contributed by atoms with Crippen molar-refractivity contribution < 1.29 is 14.7 Å². The largest absolute Gasteiger partial charge is 0.476 e. The summed E-state index contributed by atoms with van der Waals surface area (Å²) in [7, 11) is 0. The van der Waals surface area contributed by atoms with Crippen LogP contribution in [0.25, 0.3) is 0 Å². The molecule has 1 aliphatic heterocycles. The van der Waals surface area contributed by atoms with Crippen molar-refractivity contribution in [3.8, 4) is 0 Å². The normalized spacial score (nSPS) is 19.4. The molecule has 1 fully saturated rings. The first kappa shape index (κ1) is 14.5. The molecule has 1 N–H and O–H groups in total. The van der Waals surface area contributed by atoms with E-state index in [4.69, 9.17) is 5.11 Å². The number of carbonyl (C=O) groups is 2. The van der Waals surface area contributed by atoms with Crippen molar-refractivity contribution in [1.29, 1.82) is 0 Å². The van der Waals surface area contributed by atoms with Crippen molar-refractivity contribution in [2.24, 2.45) is 5.41 Å². The van der Waals surface area contributed by atoms with Crippen LogP contribution in [0.1, 0.15) is 44.1 Å². The fourth-order valence-electron chi connectivity index (χ4n) is 2.67. The number of likely N-dealkylation sites (tertiary alicyclic amines) is 1. The minimum absolute atomic E-state index is 0.0346. The van der Waals surface area contributed by atoms with Crippen molar-refractivity contribution in [2.75, 3.05) is 6.54 Å². The number of rotatable bonds is 3. The van der Waals surface area contributed by atoms with Crippen LogP contribution in [0.3, 0.4) is 0 Å². The van der Waals surface area contributed by atoms with Crippen LogP contribution in [0.4, 0.5) is 0 Å². The summed E-state index contributed by atoms with van der Waals surface area (Å²) in [6.07, 6.45) is 3.29. The van der Waals surface area contributed by atoms with E-state index in [1.165, 1.54) is 10.9 Å². The molecule has 1 atom stereocenters. The van der Waals surface area contributed by atoms with Crippen LogP contribution in [0.2, 0.25) is 0 Å². The van der Waals surface area contributed by atoms with Gasteiger partial charge in [-0.2, -0.15) is 0 Å². The number of aromatic nitrogens is 3. The molecule has 2 rings (SSSR count). The minimum Gasteiger partial charge on any atom is -0.476 e. The van der Waals surface area contributed by atoms with Gasteiger partial charge < -0.3 is 10.0 Å². The van der Waals surface area contributed by atoms with Crippen LogP contribution >= 0.6 is 0 Å². The fourth-order valence-corrected chi connectivity index (χ4v) is 2.67. The van der Waals surface area contributed by atoms with Crippen LogP contribution in [0.15, 0.2) is 6.20 Å². The maximum absolute atomic E-state index is 12.3. The van der Waals surface area contributed by atoms with Gasteiger partial charge in [-0.3, -0.25) is 4.79 Å². The Morgan fingerprint density at radius 2 is 2.15 bits per heavy atom. The fraction of sp³-hybridized carbons (Fsp3) is 0.692. The van der Waals surface area contributed by atoms with E-state index < -0.39 is 5.97 Å². The molecule has 7 heteroatoms. The Hall–Kier alpha value is -1.92. The Labute approximate surface area is 117 Å². The lowest BCUT2D eigenvalue weighted by Gasteiger charge is -2.35. The molecule has 0 aliphatic carbocycles. The highest BCUT2D eigenvalue weighted by molar-refractivity contribution is 5.84. The molecule has 1 aromatic rings. The maximum Gasteiger partial charge on any atom is 0.358 e. The van der Waals surface area contributed by atoms with Gasteiger partial charge in [0.05, 0.1) is 6.20 Å².